The lowest BCUT2D eigenvalue weighted by Gasteiger charge is -2.26. The number of amides is 2. The van der Waals surface area contributed by atoms with E-state index in [4.69, 9.17) is 0 Å². The lowest BCUT2D eigenvalue weighted by atomic mass is 9.93. The Hall–Kier alpha value is -0.980. The SMILES string of the molecule is O=C(NCCCCC(F)(F)F)NC1CCC(O)CC1. The summed E-state index contributed by atoms with van der Waals surface area (Å²) >= 11 is 0. The highest BCUT2D eigenvalue weighted by Crippen LogP contribution is 2.21. The summed E-state index contributed by atoms with van der Waals surface area (Å²) in [5, 5.41) is 14.6. The number of hydrogen-bond donors (Lipinski definition) is 3. The van der Waals surface area contributed by atoms with Crippen LogP contribution in [0.25, 0.3) is 0 Å². The summed E-state index contributed by atoms with van der Waals surface area (Å²) in [4.78, 5) is 11.4. The highest BCUT2D eigenvalue weighted by atomic mass is 19.4. The van der Waals surface area contributed by atoms with Crippen LogP contribution in [0.2, 0.25) is 0 Å². The zero-order valence-corrected chi connectivity index (χ0v) is 10.8. The first-order valence-corrected chi connectivity index (χ1v) is 6.66. The van der Waals surface area contributed by atoms with Crippen LogP contribution in [0.1, 0.15) is 44.9 Å². The van der Waals surface area contributed by atoms with Gasteiger partial charge in [-0.3, -0.25) is 0 Å². The number of hydrogen-bond acceptors (Lipinski definition) is 2. The molecule has 0 atom stereocenters. The van der Waals surface area contributed by atoms with Crippen molar-refractivity contribution in [2.24, 2.45) is 0 Å². The molecule has 1 saturated carbocycles. The zero-order valence-electron chi connectivity index (χ0n) is 10.8. The molecule has 0 aromatic heterocycles. The zero-order chi connectivity index (χ0) is 14.3. The van der Waals surface area contributed by atoms with Gasteiger partial charge in [-0.05, 0) is 38.5 Å². The average molecular weight is 282 g/mol. The molecule has 0 aromatic rings. The van der Waals surface area contributed by atoms with Gasteiger partial charge in [0, 0.05) is 19.0 Å². The molecule has 3 N–H and O–H groups in total. The number of unbranched alkanes of at least 4 members (excludes halogenated alkanes) is 1. The minimum absolute atomic E-state index is 0.0272. The van der Waals surface area contributed by atoms with Gasteiger partial charge in [0.15, 0.2) is 0 Å². The van der Waals surface area contributed by atoms with Crippen LogP contribution in [0.5, 0.6) is 0 Å². The van der Waals surface area contributed by atoms with Crippen LogP contribution in [0, 0.1) is 0 Å². The van der Waals surface area contributed by atoms with Crippen molar-refractivity contribution in [2.45, 2.75) is 63.3 Å². The number of carbonyl (C=O) groups is 1. The van der Waals surface area contributed by atoms with Gasteiger partial charge < -0.3 is 15.7 Å². The molecule has 2 amide bonds. The van der Waals surface area contributed by atoms with Crippen molar-refractivity contribution in [3.8, 4) is 0 Å². The van der Waals surface area contributed by atoms with Gasteiger partial charge in [0.1, 0.15) is 0 Å². The quantitative estimate of drug-likeness (QED) is 0.678. The van der Waals surface area contributed by atoms with Crippen molar-refractivity contribution >= 4 is 6.03 Å². The maximum Gasteiger partial charge on any atom is 0.389 e. The average Bonchev–Trinajstić information content (AvgIpc) is 2.30. The summed E-state index contributed by atoms with van der Waals surface area (Å²) in [5.74, 6) is 0. The van der Waals surface area contributed by atoms with E-state index in [0.717, 1.165) is 12.8 Å². The maximum atomic E-state index is 11.9. The fourth-order valence-corrected chi connectivity index (χ4v) is 2.11. The molecule has 1 aliphatic rings. The Bertz CT molecular complexity index is 277. The Balaban J connectivity index is 2.02. The molecule has 0 aliphatic heterocycles. The lowest BCUT2D eigenvalue weighted by Crippen LogP contribution is -2.44. The molecule has 0 unspecified atom stereocenters. The minimum atomic E-state index is -4.12. The monoisotopic (exact) mass is 282 g/mol. The predicted octanol–water partition coefficient (Wildman–Crippen LogP) is 2.32. The summed E-state index contributed by atoms with van der Waals surface area (Å²) in [6.07, 6.45) is -2.03. The maximum absolute atomic E-state index is 11.9. The molecule has 0 radical (unpaired) electrons. The topological polar surface area (TPSA) is 61.4 Å². The van der Waals surface area contributed by atoms with E-state index < -0.39 is 12.6 Å². The van der Waals surface area contributed by atoms with Crippen molar-refractivity contribution in [2.75, 3.05) is 6.54 Å². The van der Waals surface area contributed by atoms with Gasteiger partial charge in [-0.1, -0.05) is 0 Å². The standard InChI is InChI=1S/C12H21F3N2O2/c13-12(14,15)7-1-2-8-16-11(19)17-9-3-5-10(18)6-4-9/h9-10,18H,1-8H2,(H2,16,17,19). The molecule has 19 heavy (non-hydrogen) atoms. The second-order valence-electron chi connectivity index (χ2n) is 4.98. The highest BCUT2D eigenvalue weighted by Gasteiger charge is 2.25. The van der Waals surface area contributed by atoms with Gasteiger partial charge in [0.25, 0.3) is 0 Å². The summed E-state index contributed by atoms with van der Waals surface area (Å²) < 4.78 is 35.6. The van der Waals surface area contributed by atoms with Crippen molar-refractivity contribution in [3.05, 3.63) is 0 Å². The molecule has 1 fully saturated rings. The molecule has 112 valence electrons. The Morgan fingerprint density at radius 3 is 2.37 bits per heavy atom. The van der Waals surface area contributed by atoms with E-state index in [-0.39, 0.29) is 31.1 Å². The second-order valence-corrected chi connectivity index (χ2v) is 4.98. The number of alkyl halides is 3. The Labute approximate surface area is 110 Å². The van der Waals surface area contributed by atoms with Gasteiger partial charge in [0.05, 0.1) is 6.10 Å². The highest BCUT2D eigenvalue weighted by molar-refractivity contribution is 5.74. The van der Waals surface area contributed by atoms with Crippen LogP contribution in [-0.4, -0.2) is 36.0 Å². The van der Waals surface area contributed by atoms with Crippen molar-refractivity contribution in [1.29, 1.82) is 0 Å². The number of aliphatic hydroxyl groups is 1. The summed E-state index contributed by atoms with van der Waals surface area (Å²) in [5.41, 5.74) is 0. The number of rotatable bonds is 5. The number of nitrogens with one attached hydrogen (secondary N) is 2. The van der Waals surface area contributed by atoms with E-state index in [2.05, 4.69) is 10.6 Å². The molecule has 7 heteroatoms. The van der Waals surface area contributed by atoms with Crippen LogP contribution in [0.3, 0.4) is 0 Å². The number of aliphatic hydroxyl groups excluding tert-OH is 1. The normalized spacial score (nSPS) is 24.0. The van der Waals surface area contributed by atoms with Crippen LogP contribution in [-0.2, 0) is 0 Å². The number of carbonyl (C=O) groups excluding carboxylic acids is 1. The largest absolute Gasteiger partial charge is 0.393 e. The number of halogens is 3. The van der Waals surface area contributed by atoms with E-state index in [9.17, 15) is 23.1 Å². The van der Waals surface area contributed by atoms with Crippen LogP contribution >= 0.6 is 0 Å². The van der Waals surface area contributed by atoms with Gasteiger partial charge >= 0.3 is 12.2 Å². The first-order chi connectivity index (χ1) is 8.87. The summed E-state index contributed by atoms with van der Waals surface area (Å²) in [6, 6.07) is -0.285. The second kappa shape index (κ2) is 7.57. The fourth-order valence-electron chi connectivity index (χ4n) is 2.11. The minimum Gasteiger partial charge on any atom is -0.393 e. The van der Waals surface area contributed by atoms with E-state index in [1.807, 2.05) is 0 Å². The molecule has 0 aromatic carbocycles. The van der Waals surface area contributed by atoms with Crippen molar-refractivity contribution in [3.63, 3.8) is 0 Å². The first kappa shape index (κ1) is 16.1. The molecule has 0 spiro atoms. The van der Waals surface area contributed by atoms with Gasteiger partial charge in [-0.15, -0.1) is 0 Å². The van der Waals surface area contributed by atoms with E-state index in [0.29, 0.717) is 19.3 Å². The molecular weight excluding hydrogens is 261 g/mol. The van der Waals surface area contributed by atoms with Crippen LogP contribution < -0.4 is 10.6 Å². The molecule has 1 rings (SSSR count). The van der Waals surface area contributed by atoms with Crippen molar-refractivity contribution < 1.29 is 23.1 Å². The Morgan fingerprint density at radius 1 is 1.16 bits per heavy atom. The third-order valence-corrected chi connectivity index (χ3v) is 3.20. The van der Waals surface area contributed by atoms with E-state index in [1.54, 1.807) is 0 Å². The summed E-state index contributed by atoms with van der Waals surface area (Å²) in [6.45, 7) is 0.247. The number of urea groups is 1. The fraction of sp³-hybridized carbons (Fsp3) is 0.917. The molecular formula is C12H21F3N2O2. The van der Waals surface area contributed by atoms with Crippen molar-refractivity contribution in [1.82, 2.24) is 10.6 Å². The lowest BCUT2D eigenvalue weighted by molar-refractivity contribution is -0.135. The smallest absolute Gasteiger partial charge is 0.389 e. The first-order valence-electron chi connectivity index (χ1n) is 6.66. The molecule has 1 aliphatic carbocycles. The van der Waals surface area contributed by atoms with Gasteiger partial charge in [0.2, 0.25) is 0 Å². The third-order valence-electron chi connectivity index (χ3n) is 3.20. The van der Waals surface area contributed by atoms with Crippen LogP contribution in [0.15, 0.2) is 0 Å². The molecule has 0 bridgehead atoms. The van der Waals surface area contributed by atoms with Gasteiger partial charge in [-0.2, -0.15) is 13.2 Å². The third kappa shape index (κ3) is 7.92. The molecule has 4 nitrogen and oxygen atoms in total. The van der Waals surface area contributed by atoms with Gasteiger partial charge in [-0.25, -0.2) is 4.79 Å². The van der Waals surface area contributed by atoms with E-state index in [1.165, 1.54) is 0 Å². The Kier molecular flexibility index (Phi) is 6.41. The molecule has 0 heterocycles. The predicted molar refractivity (Wildman–Crippen MR) is 64.7 cm³/mol. The Morgan fingerprint density at radius 2 is 1.79 bits per heavy atom. The van der Waals surface area contributed by atoms with E-state index >= 15 is 0 Å². The summed E-state index contributed by atoms with van der Waals surface area (Å²) in [7, 11) is 0. The molecule has 0 saturated heterocycles. The van der Waals surface area contributed by atoms with Crippen LogP contribution in [0.4, 0.5) is 18.0 Å².